The lowest BCUT2D eigenvalue weighted by Crippen LogP contribution is -2.05. The molecule has 0 saturated heterocycles. The van der Waals surface area contributed by atoms with Gasteiger partial charge in [0, 0.05) is 17.0 Å². The lowest BCUT2D eigenvalue weighted by Gasteiger charge is -2.01. The lowest BCUT2D eigenvalue weighted by molar-refractivity contribution is 0.522. The van der Waals surface area contributed by atoms with Gasteiger partial charge < -0.3 is 4.42 Å². The average Bonchev–Trinajstić information content (AvgIpc) is 2.60. The molecule has 0 unspecified atom stereocenters. The third kappa shape index (κ3) is 1.28. The Balaban J connectivity index is 2.57. The van der Waals surface area contributed by atoms with Gasteiger partial charge in [-0.2, -0.15) is 0 Å². The van der Waals surface area contributed by atoms with Gasteiger partial charge in [-0.25, -0.2) is 4.98 Å². The molecule has 3 nitrogen and oxygen atoms in total. The van der Waals surface area contributed by atoms with Crippen LogP contribution in [-0.4, -0.2) is 17.4 Å². The second kappa shape index (κ2) is 2.80. The fourth-order valence-electron chi connectivity index (χ4n) is 1.35. The molecule has 4 heteroatoms. The van der Waals surface area contributed by atoms with Crippen LogP contribution < -0.4 is 5.59 Å². The standard InChI is InChI=1S/C9H9BN2O/c1-6-3-4-7(2)12(6)9-11-8(10)5-13-9/h3-5H,1-2H3. The summed E-state index contributed by atoms with van der Waals surface area (Å²) in [4.78, 5) is 4.05. The predicted molar refractivity (Wildman–Crippen MR) is 50.7 cm³/mol. The molecule has 0 N–H and O–H groups in total. The largest absolute Gasteiger partial charge is 0.432 e. The molecule has 0 aliphatic carbocycles. The Kier molecular flexibility index (Phi) is 1.76. The fraction of sp³-hybridized carbons (Fsp3) is 0.222. The second-order valence-corrected chi connectivity index (χ2v) is 3.01. The highest BCUT2D eigenvalue weighted by Crippen LogP contribution is 2.12. The third-order valence-electron chi connectivity index (χ3n) is 1.97. The van der Waals surface area contributed by atoms with Crippen LogP contribution in [0.1, 0.15) is 11.4 Å². The van der Waals surface area contributed by atoms with E-state index in [4.69, 9.17) is 12.3 Å². The maximum absolute atomic E-state index is 5.47. The van der Waals surface area contributed by atoms with E-state index in [1.54, 1.807) is 0 Å². The Hall–Kier alpha value is -1.45. The number of hydrogen-bond acceptors (Lipinski definition) is 2. The first-order valence-corrected chi connectivity index (χ1v) is 4.05. The highest BCUT2D eigenvalue weighted by atomic mass is 16.4. The van der Waals surface area contributed by atoms with Gasteiger partial charge in [-0.05, 0) is 26.0 Å². The van der Waals surface area contributed by atoms with Gasteiger partial charge in [0.2, 0.25) is 0 Å². The first-order valence-electron chi connectivity index (χ1n) is 4.05. The van der Waals surface area contributed by atoms with Crippen LogP contribution >= 0.6 is 0 Å². The van der Waals surface area contributed by atoms with E-state index in [2.05, 4.69) is 4.98 Å². The van der Waals surface area contributed by atoms with Crippen LogP contribution in [0.15, 0.2) is 22.8 Å². The zero-order chi connectivity index (χ0) is 9.42. The summed E-state index contributed by atoms with van der Waals surface area (Å²) in [6.07, 6.45) is 1.44. The summed E-state index contributed by atoms with van der Waals surface area (Å²) in [5.74, 6) is 0. The Morgan fingerprint density at radius 3 is 2.38 bits per heavy atom. The Morgan fingerprint density at radius 2 is 1.92 bits per heavy atom. The van der Waals surface area contributed by atoms with Crippen molar-refractivity contribution in [3.63, 3.8) is 0 Å². The first kappa shape index (κ1) is 8.17. The van der Waals surface area contributed by atoms with Crippen LogP contribution in [0.5, 0.6) is 0 Å². The fourth-order valence-corrected chi connectivity index (χ4v) is 1.35. The summed E-state index contributed by atoms with van der Waals surface area (Å²) >= 11 is 0. The van der Waals surface area contributed by atoms with Gasteiger partial charge in [0.15, 0.2) is 0 Å². The van der Waals surface area contributed by atoms with Crippen LogP contribution in [-0.2, 0) is 0 Å². The van der Waals surface area contributed by atoms with Gasteiger partial charge in [-0.1, -0.05) is 0 Å². The summed E-state index contributed by atoms with van der Waals surface area (Å²) in [7, 11) is 5.47. The molecule has 0 saturated carbocycles. The van der Waals surface area contributed by atoms with Gasteiger partial charge in [0.25, 0.3) is 0 Å². The molecule has 0 aromatic carbocycles. The van der Waals surface area contributed by atoms with E-state index in [0.29, 0.717) is 11.6 Å². The average molecular weight is 172 g/mol. The molecule has 0 aliphatic rings. The number of aryl methyl sites for hydroxylation is 2. The molecule has 2 radical (unpaired) electrons. The molecule has 2 aromatic rings. The van der Waals surface area contributed by atoms with Crippen LogP contribution in [0.3, 0.4) is 0 Å². The minimum Gasteiger partial charge on any atom is -0.432 e. The highest BCUT2D eigenvalue weighted by Gasteiger charge is 2.07. The maximum atomic E-state index is 5.47. The highest BCUT2D eigenvalue weighted by molar-refractivity contribution is 6.30. The quantitative estimate of drug-likeness (QED) is 0.597. The molecule has 0 atom stereocenters. The number of aromatic nitrogens is 2. The molecule has 0 aliphatic heterocycles. The number of oxazole rings is 1. The van der Waals surface area contributed by atoms with E-state index in [0.717, 1.165) is 11.4 Å². The van der Waals surface area contributed by atoms with E-state index < -0.39 is 0 Å². The van der Waals surface area contributed by atoms with E-state index in [1.165, 1.54) is 6.26 Å². The summed E-state index contributed by atoms with van der Waals surface area (Å²) in [5, 5.41) is 0. The third-order valence-corrected chi connectivity index (χ3v) is 1.97. The molecule has 2 aromatic heterocycles. The van der Waals surface area contributed by atoms with Gasteiger partial charge in [-0.3, -0.25) is 4.57 Å². The van der Waals surface area contributed by atoms with Crippen LogP contribution in [0.4, 0.5) is 0 Å². The Morgan fingerprint density at radius 1 is 1.31 bits per heavy atom. The minimum atomic E-state index is 0.405. The number of hydrogen-bond donors (Lipinski definition) is 0. The molecule has 0 spiro atoms. The molecule has 2 heterocycles. The minimum absolute atomic E-state index is 0.405. The monoisotopic (exact) mass is 172 g/mol. The van der Waals surface area contributed by atoms with Gasteiger partial charge >= 0.3 is 6.01 Å². The summed E-state index contributed by atoms with van der Waals surface area (Å²) in [6.45, 7) is 3.99. The molecular weight excluding hydrogens is 163 g/mol. The molecule has 64 valence electrons. The van der Waals surface area contributed by atoms with E-state index in [9.17, 15) is 0 Å². The maximum Gasteiger partial charge on any atom is 0.305 e. The summed E-state index contributed by atoms with van der Waals surface area (Å²) in [5.41, 5.74) is 2.57. The topological polar surface area (TPSA) is 31.0 Å². The first-order chi connectivity index (χ1) is 6.18. The van der Waals surface area contributed by atoms with E-state index in [-0.39, 0.29) is 0 Å². The van der Waals surface area contributed by atoms with Crippen molar-refractivity contribution < 1.29 is 4.42 Å². The van der Waals surface area contributed by atoms with Crippen molar-refractivity contribution in [1.82, 2.24) is 9.55 Å². The summed E-state index contributed by atoms with van der Waals surface area (Å²) in [6, 6.07) is 4.54. The molecule has 13 heavy (non-hydrogen) atoms. The normalized spacial score (nSPS) is 10.6. The van der Waals surface area contributed by atoms with Gasteiger partial charge in [0.1, 0.15) is 14.1 Å². The van der Waals surface area contributed by atoms with Gasteiger partial charge in [0.05, 0.1) is 0 Å². The zero-order valence-corrected chi connectivity index (χ0v) is 7.61. The van der Waals surface area contributed by atoms with Crippen molar-refractivity contribution in [2.45, 2.75) is 13.8 Å². The van der Waals surface area contributed by atoms with Crippen molar-refractivity contribution in [3.05, 3.63) is 29.8 Å². The Bertz CT molecular complexity index is 411. The van der Waals surface area contributed by atoms with E-state index in [1.807, 2.05) is 30.5 Å². The molecule has 0 bridgehead atoms. The molecule has 2 rings (SSSR count). The van der Waals surface area contributed by atoms with Crippen LogP contribution in [0, 0.1) is 13.8 Å². The second-order valence-electron chi connectivity index (χ2n) is 3.01. The zero-order valence-electron chi connectivity index (χ0n) is 7.61. The van der Waals surface area contributed by atoms with Crippen LogP contribution in [0.2, 0.25) is 0 Å². The SMILES string of the molecule is [B]c1coc(-n2c(C)ccc2C)n1. The van der Waals surface area contributed by atoms with Crippen LogP contribution in [0.25, 0.3) is 6.01 Å². The Labute approximate surface area is 77.8 Å². The molecule has 0 amide bonds. The van der Waals surface area contributed by atoms with E-state index >= 15 is 0 Å². The number of nitrogens with zero attached hydrogens (tertiary/aromatic N) is 2. The lowest BCUT2D eigenvalue weighted by atomic mass is 10.1. The van der Waals surface area contributed by atoms with Crippen molar-refractivity contribution >= 4 is 13.4 Å². The summed E-state index contributed by atoms with van der Waals surface area (Å²) < 4.78 is 7.11. The smallest absolute Gasteiger partial charge is 0.305 e. The predicted octanol–water partition coefficient (Wildman–Crippen LogP) is 0.876. The number of rotatable bonds is 1. The molecule has 0 fully saturated rings. The van der Waals surface area contributed by atoms with Crippen molar-refractivity contribution in [1.29, 1.82) is 0 Å². The van der Waals surface area contributed by atoms with Crippen molar-refractivity contribution in [3.8, 4) is 6.01 Å². The van der Waals surface area contributed by atoms with Crippen molar-refractivity contribution in [2.24, 2.45) is 0 Å². The van der Waals surface area contributed by atoms with Crippen molar-refractivity contribution in [2.75, 3.05) is 0 Å². The molecular formula is C9H9BN2O. The van der Waals surface area contributed by atoms with Gasteiger partial charge in [-0.15, -0.1) is 0 Å².